The highest BCUT2D eigenvalue weighted by molar-refractivity contribution is 5.88. The molecule has 1 aliphatic rings. The number of hydrogen-bond acceptors (Lipinski definition) is 5. The zero-order valence-electron chi connectivity index (χ0n) is 11.4. The Hall–Kier alpha value is -2.11. The smallest absolute Gasteiger partial charge is 0.356 e. The summed E-state index contributed by atoms with van der Waals surface area (Å²) in [6, 6.07) is 3.32. The molecule has 0 radical (unpaired) electrons. The van der Waals surface area contributed by atoms with Gasteiger partial charge in [-0.2, -0.15) is 0 Å². The lowest BCUT2D eigenvalue weighted by atomic mass is 9.93. The molecule has 0 amide bonds. The third kappa shape index (κ3) is 3.26. The number of nitrogens with zero attached hydrogens (tertiary/aromatic N) is 1. The number of esters is 1. The van der Waals surface area contributed by atoms with E-state index in [1.165, 1.54) is 13.3 Å². The number of pyridine rings is 1. The second-order valence-corrected chi connectivity index (χ2v) is 5.10. The lowest BCUT2D eigenvalue weighted by Crippen LogP contribution is -2.37. The van der Waals surface area contributed by atoms with Crippen LogP contribution in [0, 0.1) is 0 Å². The molecule has 1 fully saturated rings. The van der Waals surface area contributed by atoms with Gasteiger partial charge in [-0.15, -0.1) is 0 Å². The van der Waals surface area contributed by atoms with Crippen molar-refractivity contribution in [2.45, 2.75) is 37.6 Å². The minimum atomic E-state index is -0.818. The molecule has 6 heteroatoms. The second-order valence-electron chi connectivity index (χ2n) is 5.10. The van der Waals surface area contributed by atoms with Gasteiger partial charge in [0.2, 0.25) is 0 Å². The van der Waals surface area contributed by atoms with E-state index in [1.54, 1.807) is 12.1 Å². The number of hydrogen-bond donors (Lipinski definition) is 2. The van der Waals surface area contributed by atoms with E-state index < -0.39 is 17.5 Å². The molecule has 0 aromatic carbocycles. The average molecular weight is 278 g/mol. The monoisotopic (exact) mass is 278 g/mol. The fourth-order valence-electron chi connectivity index (χ4n) is 2.72. The number of carbonyl (C=O) groups is 2. The molecule has 0 atom stereocenters. The van der Waals surface area contributed by atoms with Gasteiger partial charge in [0.1, 0.15) is 5.69 Å². The molecule has 0 bridgehead atoms. The summed E-state index contributed by atoms with van der Waals surface area (Å²) in [5.74, 6) is -1.32. The van der Waals surface area contributed by atoms with Crippen LogP contribution in [0.3, 0.4) is 0 Å². The maximum atomic E-state index is 11.5. The standard InChI is InChI=1S/C14H18N2O4/c1-20-13(19)11-8-10(4-7-15-11)16-14(9-12(17)18)5-2-3-6-14/h4,7-8H,2-3,5-6,9H2,1H3,(H,15,16)(H,17,18). The average Bonchev–Trinajstić information content (AvgIpc) is 2.85. The van der Waals surface area contributed by atoms with Crippen LogP contribution in [0.5, 0.6) is 0 Å². The molecule has 1 aliphatic carbocycles. The maximum Gasteiger partial charge on any atom is 0.356 e. The summed E-state index contributed by atoms with van der Waals surface area (Å²) >= 11 is 0. The fraction of sp³-hybridized carbons (Fsp3) is 0.500. The van der Waals surface area contributed by atoms with Crippen LogP contribution in [0.1, 0.15) is 42.6 Å². The summed E-state index contributed by atoms with van der Waals surface area (Å²) in [6.07, 6.45) is 5.23. The first-order valence-corrected chi connectivity index (χ1v) is 6.59. The first-order valence-electron chi connectivity index (χ1n) is 6.59. The van der Waals surface area contributed by atoms with Crippen molar-refractivity contribution in [2.75, 3.05) is 12.4 Å². The number of carboxylic acid groups (broad SMARTS) is 1. The van der Waals surface area contributed by atoms with E-state index in [0.717, 1.165) is 25.7 Å². The summed E-state index contributed by atoms with van der Waals surface area (Å²) in [4.78, 5) is 26.4. The maximum absolute atomic E-state index is 11.5. The zero-order valence-corrected chi connectivity index (χ0v) is 11.4. The first-order chi connectivity index (χ1) is 9.54. The SMILES string of the molecule is COC(=O)c1cc(NC2(CC(=O)O)CCCC2)ccn1. The lowest BCUT2D eigenvalue weighted by Gasteiger charge is -2.30. The van der Waals surface area contributed by atoms with E-state index in [2.05, 4.69) is 15.0 Å². The fourth-order valence-corrected chi connectivity index (χ4v) is 2.72. The van der Waals surface area contributed by atoms with Gasteiger partial charge in [0.15, 0.2) is 0 Å². The van der Waals surface area contributed by atoms with Crippen LogP contribution in [-0.2, 0) is 9.53 Å². The van der Waals surface area contributed by atoms with E-state index in [-0.39, 0.29) is 12.1 Å². The molecular formula is C14H18N2O4. The molecule has 1 aromatic heterocycles. The number of anilines is 1. The van der Waals surface area contributed by atoms with Crippen LogP contribution in [-0.4, -0.2) is 34.7 Å². The van der Waals surface area contributed by atoms with E-state index in [0.29, 0.717) is 5.69 Å². The van der Waals surface area contributed by atoms with Gasteiger partial charge in [0.25, 0.3) is 0 Å². The molecule has 0 spiro atoms. The van der Waals surface area contributed by atoms with Gasteiger partial charge in [-0.25, -0.2) is 9.78 Å². The molecule has 108 valence electrons. The van der Waals surface area contributed by atoms with Crippen LogP contribution < -0.4 is 5.32 Å². The van der Waals surface area contributed by atoms with Crippen molar-refractivity contribution in [3.05, 3.63) is 24.0 Å². The van der Waals surface area contributed by atoms with E-state index in [4.69, 9.17) is 5.11 Å². The summed E-state index contributed by atoms with van der Waals surface area (Å²) < 4.78 is 4.63. The summed E-state index contributed by atoms with van der Waals surface area (Å²) in [5.41, 5.74) is 0.477. The first kappa shape index (κ1) is 14.3. The number of carbonyl (C=O) groups excluding carboxylic acids is 1. The van der Waals surface area contributed by atoms with Gasteiger partial charge < -0.3 is 15.2 Å². The Morgan fingerprint density at radius 1 is 1.45 bits per heavy atom. The highest BCUT2D eigenvalue weighted by atomic mass is 16.5. The van der Waals surface area contributed by atoms with Gasteiger partial charge in [0.05, 0.1) is 13.5 Å². The molecule has 20 heavy (non-hydrogen) atoms. The summed E-state index contributed by atoms with van der Waals surface area (Å²) in [6.45, 7) is 0. The topological polar surface area (TPSA) is 88.5 Å². The number of methoxy groups -OCH3 is 1. The molecule has 0 aliphatic heterocycles. The third-order valence-electron chi connectivity index (χ3n) is 3.61. The molecule has 0 unspecified atom stereocenters. The van der Waals surface area contributed by atoms with E-state index in [1.807, 2.05) is 0 Å². The number of nitrogens with one attached hydrogen (secondary N) is 1. The predicted octanol–water partition coefficient (Wildman–Crippen LogP) is 2.07. The van der Waals surface area contributed by atoms with Crippen molar-refractivity contribution >= 4 is 17.6 Å². The Labute approximate surface area is 117 Å². The van der Waals surface area contributed by atoms with Crippen LogP contribution >= 0.6 is 0 Å². The highest BCUT2D eigenvalue weighted by Crippen LogP contribution is 2.35. The van der Waals surface area contributed by atoms with Gasteiger partial charge in [0, 0.05) is 17.4 Å². The van der Waals surface area contributed by atoms with Crippen molar-refractivity contribution in [1.82, 2.24) is 4.98 Å². The van der Waals surface area contributed by atoms with Crippen molar-refractivity contribution in [2.24, 2.45) is 0 Å². The van der Waals surface area contributed by atoms with Gasteiger partial charge >= 0.3 is 11.9 Å². The Bertz CT molecular complexity index is 510. The molecule has 2 rings (SSSR count). The number of aromatic nitrogens is 1. The minimum absolute atomic E-state index is 0.0723. The Morgan fingerprint density at radius 3 is 2.75 bits per heavy atom. The van der Waals surface area contributed by atoms with Crippen LogP contribution in [0.2, 0.25) is 0 Å². The largest absolute Gasteiger partial charge is 0.481 e. The van der Waals surface area contributed by atoms with Gasteiger partial charge in [-0.05, 0) is 25.0 Å². The quantitative estimate of drug-likeness (QED) is 0.801. The molecule has 6 nitrogen and oxygen atoms in total. The Kier molecular flexibility index (Phi) is 4.22. The number of rotatable bonds is 5. The van der Waals surface area contributed by atoms with Crippen molar-refractivity contribution in [1.29, 1.82) is 0 Å². The molecule has 2 N–H and O–H groups in total. The molecule has 0 saturated heterocycles. The van der Waals surface area contributed by atoms with Crippen LogP contribution in [0.4, 0.5) is 5.69 Å². The van der Waals surface area contributed by atoms with Crippen molar-refractivity contribution in [3.63, 3.8) is 0 Å². The Balaban J connectivity index is 2.18. The van der Waals surface area contributed by atoms with Crippen molar-refractivity contribution < 1.29 is 19.4 Å². The Morgan fingerprint density at radius 2 is 2.15 bits per heavy atom. The van der Waals surface area contributed by atoms with Crippen molar-refractivity contribution in [3.8, 4) is 0 Å². The molecule has 1 aromatic rings. The number of carboxylic acids is 1. The van der Waals surface area contributed by atoms with Crippen LogP contribution in [0.25, 0.3) is 0 Å². The predicted molar refractivity (Wildman–Crippen MR) is 72.7 cm³/mol. The lowest BCUT2D eigenvalue weighted by molar-refractivity contribution is -0.138. The zero-order chi connectivity index (χ0) is 14.6. The van der Waals surface area contributed by atoms with Crippen LogP contribution in [0.15, 0.2) is 18.3 Å². The summed E-state index contributed by atoms with van der Waals surface area (Å²) in [5, 5.41) is 12.3. The van der Waals surface area contributed by atoms with E-state index >= 15 is 0 Å². The third-order valence-corrected chi connectivity index (χ3v) is 3.61. The van der Waals surface area contributed by atoms with Gasteiger partial charge in [-0.1, -0.05) is 12.8 Å². The van der Waals surface area contributed by atoms with E-state index in [9.17, 15) is 9.59 Å². The summed E-state index contributed by atoms with van der Waals surface area (Å²) in [7, 11) is 1.30. The second kappa shape index (κ2) is 5.90. The molecular weight excluding hydrogens is 260 g/mol. The normalized spacial score (nSPS) is 16.6. The molecule has 1 heterocycles. The highest BCUT2D eigenvalue weighted by Gasteiger charge is 2.36. The molecule has 1 saturated carbocycles. The number of aliphatic carboxylic acids is 1. The number of ether oxygens (including phenoxy) is 1. The van der Waals surface area contributed by atoms with Gasteiger partial charge in [-0.3, -0.25) is 4.79 Å². The minimum Gasteiger partial charge on any atom is -0.481 e.